The Morgan fingerprint density at radius 1 is 1.73 bits per heavy atom. The third-order valence-electron chi connectivity index (χ3n) is 2.00. The van der Waals surface area contributed by atoms with Gasteiger partial charge in [0.25, 0.3) is 0 Å². The van der Waals surface area contributed by atoms with Crippen molar-refractivity contribution in [2.75, 3.05) is 13.6 Å². The van der Waals surface area contributed by atoms with Gasteiger partial charge in [-0.3, -0.25) is 9.59 Å². The van der Waals surface area contributed by atoms with Gasteiger partial charge in [0, 0.05) is 13.6 Å². The SMILES string of the molecule is CN1CCCC(C(N)=O)C1=O. The number of carbonyl (C=O) groups is 2. The van der Waals surface area contributed by atoms with Crippen molar-refractivity contribution in [1.82, 2.24) is 4.90 Å². The lowest BCUT2D eigenvalue weighted by Gasteiger charge is -2.26. The van der Waals surface area contributed by atoms with Crippen molar-refractivity contribution < 1.29 is 9.59 Å². The van der Waals surface area contributed by atoms with E-state index in [1.165, 1.54) is 0 Å². The molecular formula is C7H12N2O2. The number of nitrogens with two attached hydrogens (primary N) is 1. The van der Waals surface area contributed by atoms with Crippen LogP contribution in [0.1, 0.15) is 12.8 Å². The second-order valence-electron chi connectivity index (χ2n) is 2.86. The number of hydrogen-bond acceptors (Lipinski definition) is 2. The normalized spacial score (nSPS) is 25.4. The van der Waals surface area contributed by atoms with Crippen LogP contribution in [-0.2, 0) is 9.59 Å². The highest BCUT2D eigenvalue weighted by molar-refractivity contribution is 5.99. The smallest absolute Gasteiger partial charge is 0.234 e. The Morgan fingerprint density at radius 3 is 2.82 bits per heavy atom. The van der Waals surface area contributed by atoms with Crippen LogP contribution in [0.3, 0.4) is 0 Å². The summed E-state index contributed by atoms with van der Waals surface area (Å²) in [5.41, 5.74) is 5.03. The summed E-state index contributed by atoms with van der Waals surface area (Å²) in [7, 11) is 1.69. The summed E-state index contributed by atoms with van der Waals surface area (Å²) in [6.07, 6.45) is 1.48. The number of likely N-dealkylation sites (tertiary alicyclic amines) is 1. The zero-order chi connectivity index (χ0) is 8.43. The Bertz CT molecular complexity index is 191. The molecular weight excluding hydrogens is 144 g/mol. The summed E-state index contributed by atoms with van der Waals surface area (Å²) < 4.78 is 0. The summed E-state index contributed by atoms with van der Waals surface area (Å²) in [6, 6.07) is 0. The maximum absolute atomic E-state index is 11.2. The van der Waals surface area contributed by atoms with Crippen molar-refractivity contribution in [2.24, 2.45) is 11.7 Å². The Hall–Kier alpha value is -1.06. The highest BCUT2D eigenvalue weighted by Crippen LogP contribution is 2.15. The third kappa shape index (κ3) is 1.50. The second-order valence-corrected chi connectivity index (χ2v) is 2.86. The van der Waals surface area contributed by atoms with Gasteiger partial charge in [-0.15, -0.1) is 0 Å². The first-order chi connectivity index (χ1) is 5.13. The second kappa shape index (κ2) is 2.90. The van der Waals surface area contributed by atoms with Crippen molar-refractivity contribution >= 4 is 11.8 Å². The van der Waals surface area contributed by atoms with Crippen molar-refractivity contribution in [3.8, 4) is 0 Å². The van der Waals surface area contributed by atoms with Crippen LogP contribution in [0.5, 0.6) is 0 Å². The molecule has 0 spiro atoms. The molecule has 1 fully saturated rings. The van der Waals surface area contributed by atoms with Gasteiger partial charge < -0.3 is 10.6 Å². The quantitative estimate of drug-likeness (QED) is 0.512. The van der Waals surface area contributed by atoms with E-state index in [0.29, 0.717) is 6.42 Å². The zero-order valence-electron chi connectivity index (χ0n) is 6.54. The molecule has 1 heterocycles. The van der Waals surface area contributed by atoms with E-state index in [1.807, 2.05) is 0 Å². The summed E-state index contributed by atoms with van der Waals surface area (Å²) in [5, 5.41) is 0. The molecule has 4 heteroatoms. The summed E-state index contributed by atoms with van der Waals surface area (Å²) in [4.78, 5) is 23.4. The van der Waals surface area contributed by atoms with Crippen LogP contribution < -0.4 is 5.73 Å². The Kier molecular flexibility index (Phi) is 2.12. The number of primary amides is 1. The van der Waals surface area contributed by atoms with Crippen LogP contribution in [0, 0.1) is 5.92 Å². The van der Waals surface area contributed by atoms with Gasteiger partial charge >= 0.3 is 0 Å². The fourth-order valence-electron chi connectivity index (χ4n) is 1.30. The fourth-order valence-corrected chi connectivity index (χ4v) is 1.30. The largest absolute Gasteiger partial charge is 0.369 e. The van der Waals surface area contributed by atoms with E-state index in [0.717, 1.165) is 13.0 Å². The Balaban J connectivity index is 2.66. The first kappa shape index (κ1) is 8.04. The predicted molar refractivity (Wildman–Crippen MR) is 39.6 cm³/mol. The molecule has 0 saturated carbocycles. The van der Waals surface area contributed by atoms with Gasteiger partial charge in [-0.1, -0.05) is 0 Å². The van der Waals surface area contributed by atoms with Crippen molar-refractivity contribution in [3.05, 3.63) is 0 Å². The summed E-state index contributed by atoms with van der Waals surface area (Å²) >= 11 is 0. The van der Waals surface area contributed by atoms with Gasteiger partial charge in [-0.2, -0.15) is 0 Å². The average Bonchev–Trinajstić information content (AvgIpc) is 1.94. The number of rotatable bonds is 1. The molecule has 1 rings (SSSR count). The van der Waals surface area contributed by atoms with Crippen molar-refractivity contribution in [1.29, 1.82) is 0 Å². The van der Waals surface area contributed by atoms with E-state index in [-0.39, 0.29) is 5.91 Å². The van der Waals surface area contributed by atoms with E-state index in [9.17, 15) is 9.59 Å². The lowest BCUT2D eigenvalue weighted by atomic mass is 9.97. The van der Waals surface area contributed by atoms with Crippen LogP contribution in [0.4, 0.5) is 0 Å². The molecule has 0 aromatic rings. The Labute approximate surface area is 65.3 Å². The molecule has 1 aliphatic heterocycles. The highest BCUT2D eigenvalue weighted by Gasteiger charge is 2.30. The number of amides is 2. The van der Waals surface area contributed by atoms with Crippen molar-refractivity contribution in [3.63, 3.8) is 0 Å². The topological polar surface area (TPSA) is 63.4 Å². The molecule has 0 aromatic heterocycles. The minimum absolute atomic E-state index is 0.135. The molecule has 1 aliphatic rings. The van der Waals surface area contributed by atoms with Gasteiger partial charge in [0.05, 0.1) is 0 Å². The lowest BCUT2D eigenvalue weighted by Crippen LogP contribution is -2.44. The minimum Gasteiger partial charge on any atom is -0.369 e. The summed E-state index contributed by atoms with van der Waals surface area (Å²) in [6.45, 7) is 0.739. The van der Waals surface area contributed by atoms with Crippen LogP contribution in [0.2, 0.25) is 0 Å². The molecule has 2 amide bonds. The van der Waals surface area contributed by atoms with E-state index in [1.54, 1.807) is 11.9 Å². The first-order valence-corrected chi connectivity index (χ1v) is 3.67. The average molecular weight is 156 g/mol. The molecule has 0 aliphatic carbocycles. The van der Waals surface area contributed by atoms with E-state index in [2.05, 4.69) is 0 Å². The van der Waals surface area contributed by atoms with Gasteiger partial charge in [0.2, 0.25) is 11.8 Å². The van der Waals surface area contributed by atoms with E-state index >= 15 is 0 Å². The van der Waals surface area contributed by atoms with Gasteiger partial charge in [0.15, 0.2) is 0 Å². The Morgan fingerprint density at radius 2 is 2.36 bits per heavy atom. The zero-order valence-corrected chi connectivity index (χ0v) is 6.54. The number of nitrogens with zero attached hydrogens (tertiary/aromatic N) is 1. The third-order valence-corrected chi connectivity index (χ3v) is 2.00. The number of hydrogen-bond donors (Lipinski definition) is 1. The molecule has 0 radical (unpaired) electrons. The fraction of sp³-hybridized carbons (Fsp3) is 0.714. The highest BCUT2D eigenvalue weighted by atomic mass is 16.2. The minimum atomic E-state index is -0.575. The van der Waals surface area contributed by atoms with E-state index in [4.69, 9.17) is 5.73 Å². The maximum Gasteiger partial charge on any atom is 0.234 e. The standard InChI is InChI=1S/C7H12N2O2/c1-9-4-2-3-5(6(8)10)7(9)11/h5H,2-4H2,1H3,(H2,8,10). The van der Waals surface area contributed by atoms with Gasteiger partial charge in [0.1, 0.15) is 5.92 Å². The molecule has 0 aromatic carbocycles. The molecule has 1 saturated heterocycles. The van der Waals surface area contributed by atoms with E-state index < -0.39 is 11.8 Å². The molecule has 4 nitrogen and oxygen atoms in total. The van der Waals surface area contributed by atoms with Crippen molar-refractivity contribution in [2.45, 2.75) is 12.8 Å². The maximum atomic E-state index is 11.2. The molecule has 11 heavy (non-hydrogen) atoms. The van der Waals surface area contributed by atoms with Crippen LogP contribution in [0.25, 0.3) is 0 Å². The van der Waals surface area contributed by atoms with Gasteiger partial charge in [-0.05, 0) is 12.8 Å². The number of piperidine rings is 1. The lowest BCUT2D eigenvalue weighted by molar-refractivity contribution is -0.142. The van der Waals surface area contributed by atoms with Crippen LogP contribution in [0.15, 0.2) is 0 Å². The van der Waals surface area contributed by atoms with Crippen LogP contribution >= 0.6 is 0 Å². The summed E-state index contributed by atoms with van der Waals surface area (Å²) in [5.74, 6) is -1.21. The molecule has 1 atom stereocenters. The number of carbonyl (C=O) groups excluding carboxylic acids is 2. The van der Waals surface area contributed by atoms with Gasteiger partial charge in [-0.25, -0.2) is 0 Å². The molecule has 1 unspecified atom stereocenters. The molecule has 2 N–H and O–H groups in total. The monoisotopic (exact) mass is 156 g/mol. The predicted octanol–water partition coefficient (Wildman–Crippen LogP) is -0.660. The first-order valence-electron chi connectivity index (χ1n) is 3.67. The molecule has 0 bridgehead atoms. The molecule has 62 valence electrons. The van der Waals surface area contributed by atoms with Crippen LogP contribution in [-0.4, -0.2) is 30.3 Å².